The first kappa shape index (κ1) is 16.0. The van der Waals surface area contributed by atoms with Gasteiger partial charge in [0.25, 0.3) is 0 Å². The molecule has 1 fully saturated rings. The molecule has 0 bridgehead atoms. The Bertz CT molecular complexity index is 572. The van der Waals surface area contributed by atoms with Crippen molar-refractivity contribution < 1.29 is 0 Å². The first-order valence-electron chi connectivity index (χ1n) is 8.58. The lowest BCUT2D eigenvalue weighted by molar-refractivity contribution is 0.313. The summed E-state index contributed by atoms with van der Waals surface area (Å²) in [7, 11) is 2.20. The number of rotatable bonds is 6. The quantitative estimate of drug-likeness (QED) is 0.828. The van der Waals surface area contributed by atoms with Crippen LogP contribution < -0.4 is 10.2 Å². The molecular formula is C20H27N3. The first-order valence-corrected chi connectivity index (χ1v) is 8.58. The van der Waals surface area contributed by atoms with Gasteiger partial charge in [-0.05, 0) is 43.3 Å². The Morgan fingerprint density at radius 1 is 0.826 bits per heavy atom. The average molecular weight is 309 g/mol. The zero-order valence-corrected chi connectivity index (χ0v) is 14.0. The molecule has 3 rings (SSSR count). The number of hydrogen-bond donors (Lipinski definition) is 1. The first-order chi connectivity index (χ1) is 11.3. The lowest BCUT2D eigenvalue weighted by Gasteiger charge is -2.34. The third-order valence-electron chi connectivity index (χ3n) is 4.57. The Morgan fingerprint density at radius 3 is 2.22 bits per heavy atom. The van der Waals surface area contributed by atoms with E-state index in [1.807, 2.05) is 0 Å². The lowest BCUT2D eigenvalue weighted by Crippen LogP contribution is -2.44. The standard InChI is InChI=1S/C20H27N3/c1-22-13-15-23(16-14-22)20-9-7-19(8-10-20)17-21-12-11-18-5-3-2-4-6-18/h2-10,21H,11-17H2,1H3. The molecule has 1 aliphatic rings. The normalized spacial score (nSPS) is 15.8. The Labute approximate surface area is 139 Å². The summed E-state index contributed by atoms with van der Waals surface area (Å²) in [5.74, 6) is 0. The molecule has 23 heavy (non-hydrogen) atoms. The molecule has 0 spiro atoms. The van der Waals surface area contributed by atoms with Crippen molar-refractivity contribution in [1.82, 2.24) is 10.2 Å². The van der Waals surface area contributed by atoms with Gasteiger partial charge >= 0.3 is 0 Å². The van der Waals surface area contributed by atoms with Gasteiger partial charge in [-0.15, -0.1) is 0 Å². The van der Waals surface area contributed by atoms with Crippen molar-refractivity contribution >= 4 is 5.69 Å². The highest BCUT2D eigenvalue weighted by Crippen LogP contribution is 2.17. The Balaban J connectivity index is 1.42. The summed E-state index contributed by atoms with van der Waals surface area (Å²) >= 11 is 0. The van der Waals surface area contributed by atoms with Crippen molar-refractivity contribution in [3.8, 4) is 0 Å². The molecule has 1 N–H and O–H groups in total. The Kier molecular flexibility index (Phi) is 5.67. The maximum absolute atomic E-state index is 3.53. The third-order valence-corrected chi connectivity index (χ3v) is 4.57. The highest BCUT2D eigenvalue weighted by molar-refractivity contribution is 5.48. The van der Waals surface area contributed by atoms with Crippen molar-refractivity contribution in [2.24, 2.45) is 0 Å². The van der Waals surface area contributed by atoms with E-state index in [4.69, 9.17) is 0 Å². The van der Waals surface area contributed by atoms with Gasteiger partial charge in [-0.2, -0.15) is 0 Å². The van der Waals surface area contributed by atoms with E-state index >= 15 is 0 Å². The predicted octanol–water partition coefficient (Wildman–Crippen LogP) is 2.77. The third kappa shape index (κ3) is 4.81. The molecule has 0 atom stereocenters. The SMILES string of the molecule is CN1CCN(c2ccc(CNCCc3ccccc3)cc2)CC1. The van der Waals surface area contributed by atoms with Crippen LogP contribution in [0.25, 0.3) is 0 Å². The van der Waals surface area contributed by atoms with Gasteiger partial charge in [0, 0.05) is 38.4 Å². The predicted molar refractivity (Wildman–Crippen MR) is 98.0 cm³/mol. The fourth-order valence-corrected chi connectivity index (χ4v) is 3.00. The van der Waals surface area contributed by atoms with Crippen LogP contribution in [-0.2, 0) is 13.0 Å². The van der Waals surface area contributed by atoms with Crippen LogP contribution >= 0.6 is 0 Å². The minimum atomic E-state index is 0.940. The zero-order valence-electron chi connectivity index (χ0n) is 14.0. The van der Waals surface area contributed by atoms with Gasteiger partial charge in [-0.25, -0.2) is 0 Å². The molecule has 0 aliphatic carbocycles. The molecule has 1 aliphatic heterocycles. The topological polar surface area (TPSA) is 18.5 Å². The number of piperazine rings is 1. The smallest absolute Gasteiger partial charge is 0.0367 e. The van der Waals surface area contributed by atoms with Crippen LogP contribution in [0.15, 0.2) is 54.6 Å². The highest BCUT2D eigenvalue weighted by Gasteiger charge is 2.13. The summed E-state index contributed by atoms with van der Waals surface area (Å²) in [6.07, 6.45) is 1.08. The van der Waals surface area contributed by atoms with Crippen LogP contribution in [0.2, 0.25) is 0 Å². The number of nitrogens with one attached hydrogen (secondary N) is 1. The molecule has 1 saturated heterocycles. The van der Waals surface area contributed by atoms with E-state index in [1.54, 1.807) is 0 Å². The minimum absolute atomic E-state index is 0.940. The van der Waals surface area contributed by atoms with Crippen LogP contribution in [0.4, 0.5) is 5.69 Å². The number of benzene rings is 2. The summed E-state index contributed by atoms with van der Waals surface area (Å²) in [6.45, 7) is 6.53. The van der Waals surface area contributed by atoms with E-state index in [-0.39, 0.29) is 0 Å². The second-order valence-corrected chi connectivity index (χ2v) is 6.37. The highest BCUT2D eigenvalue weighted by atomic mass is 15.2. The molecule has 0 aromatic heterocycles. The summed E-state index contributed by atoms with van der Waals surface area (Å²) < 4.78 is 0. The molecule has 0 saturated carbocycles. The van der Waals surface area contributed by atoms with Crippen molar-refractivity contribution in [2.75, 3.05) is 44.7 Å². The number of hydrogen-bond acceptors (Lipinski definition) is 3. The molecular weight excluding hydrogens is 282 g/mol. The van der Waals surface area contributed by atoms with E-state index in [2.05, 4.69) is 76.8 Å². The maximum Gasteiger partial charge on any atom is 0.0367 e. The monoisotopic (exact) mass is 309 g/mol. The lowest BCUT2D eigenvalue weighted by atomic mass is 10.1. The van der Waals surface area contributed by atoms with Gasteiger partial charge in [0.2, 0.25) is 0 Å². The van der Waals surface area contributed by atoms with E-state index in [1.165, 1.54) is 16.8 Å². The number of anilines is 1. The molecule has 3 nitrogen and oxygen atoms in total. The van der Waals surface area contributed by atoms with Gasteiger partial charge in [-0.1, -0.05) is 42.5 Å². The van der Waals surface area contributed by atoms with Gasteiger partial charge < -0.3 is 15.1 Å². The van der Waals surface area contributed by atoms with Crippen LogP contribution in [0.5, 0.6) is 0 Å². The molecule has 122 valence electrons. The number of nitrogens with zero attached hydrogens (tertiary/aromatic N) is 2. The minimum Gasteiger partial charge on any atom is -0.369 e. The van der Waals surface area contributed by atoms with Crippen LogP contribution in [0.1, 0.15) is 11.1 Å². The molecule has 0 unspecified atom stereocenters. The summed E-state index contributed by atoms with van der Waals surface area (Å²) in [6, 6.07) is 19.7. The summed E-state index contributed by atoms with van der Waals surface area (Å²) in [5.41, 5.74) is 4.10. The van der Waals surface area contributed by atoms with Gasteiger partial charge in [0.15, 0.2) is 0 Å². The van der Waals surface area contributed by atoms with E-state index in [0.717, 1.165) is 45.7 Å². The number of likely N-dealkylation sites (N-methyl/N-ethyl adjacent to an activating group) is 1. The molecule has 2 aromatic carbocycles. The largest absolute Gasteiger partial charge is 0.369 e. The van der Waals surface area contributed by atoms with Gasteiger partial charge in [-0.3, -0.25) is 0 Å². The Hall–Kier alpha value is -1.84. The molecule has 3 heteroatoms. The van der Waals surface area contributed by atoms with Crippen LogP contribution in [0.3, 0.4) is 0 Å². The Morgan fingerprint density at radius 2 is 1.52 bits per heavy atom. The van der Waals surface area contributed by atoms with E-state index in [0.29, 0.717) is 0 Å². The maximum atomic E-state index is 3.53. The van der Waals surface area contributed by atoms with E-state index < -0.39 is 0 Å². The second-order valence-electron chi connectivity index (χ2n) is 6.37. The van der Waals surface area contributed by atoms with Crippen molar-refractivity contribution in [3.63, 3.8) is 0 Å². The van der Waals surface area contributed by atoms with Gasteiger partial charge in [0.1, 0.15) is 0 Å². The van der Waals surface area contributed by atoms with Gasteiger partial charge in [0.05, 0.1) is 0 Å². The van der Waals surface area contributed by atoms with Crippen LogP contribution in [-0.4, -0.2) is 44.7 Å². The summed E-state index contributed by atoms with van der Waals surface area (Å²) in [5, 5.41) is 3.53. The molecule has 1 heterocycles. The van der Waals surface area contributed by atoms with Crippen molar-refractivity contribution in [2.45, 2.75) is 13.0 Å². The summed E-state index contributed by atoms with van der Waals surface area (Å²) in [4.78, 5) is 4.87. The van der Waals surface area contributed by atoms with Crippen LogP contribution in [0, 0.1) is 0 Å². The molecule has 0 amide bonds. The molecule has 2 aromatic rings. The van der Waals surface area contributed by atoms with Crippen molar-refractivity contribution in [3.05, 3.63) is 65.7 Å². The van der Waals surface area contributed by atoms with Crippen molar-refractivity contribution in [1.29, 1.82) is 0 Å². The average Bonchev–Trinajstić information content (AvgIpc) is 2.61. The van der Waals surface area contributed by atoms with E-state index in [9.17, 15) is 0 Å². The fraction of sp³-hybridized carbons (Fsp3) is 0.400. The molecule has 0 radical (unpaired) electrons. The zero-order chi connectivity index (χ0) is 15.9. The fourth-order valence-electron chi connectivity index (χ4n) is 3.00. The second kappa shape index (κ2) is 8.14.